The van der Waals surface area contributed by atoms with Crippen LogP contribution in [0.5, 0.6) is 0 Å². The molecule has 0 aromatic heterocycles. The summed E-state index contributed by atoms with van der Waals surface area (Å²) in [6, 6.07) is 10.7. The van der Waals surface area contributed by atoms with Crippen LogP contribution in [0.1, 0.15) is 31.9 Å². The Morgan fingerprint density at radius 2 is 1.88 bits per heavy atom. The first-order valence-corrected chi connectivity index (χ1v) is 7.67. The lowest BCUT2D eigenvalue weighted by molar-refractivity contribution is 0.314. The van der Waals surface area contributed by atoms with Gasteiger partial charge in [0.05, 0.1) is 0 Å². The molecule has 16 heavy (non-hydrogen) atoms. The number of halogens is 1. The average Bonchev–Trinajstić information content (AvgIpc) is 2.24. The fraction of sp³-hybridized carbons (Fsp3) is 0.538. The second-order valence-electron chi connectivity index (χ2n) is 5.09. The van der Waals surface area contributed by atoms with E-state index in [1.165, 1.54) is 5.56 Å². The minimum atomic E-state index is -0.573. The second kappa shape index (κ2) is 6.43. The normalized spacial score (nSPS) is 14.5. The smallest absolute Gasteiger partial charge is 0.169 e. The van der Waals surface area contributed by atoms with E-state index in [4.69, 9.17) is 16.0 Å². The first kappa shape index (κ1) is 13.8. The lowest BCUT2D eigenvalue weighted by Crippen LogP contribution is -2.26. The van der Waals surface area contributed by atoms with Gasteiger partial charge in [-0.15, -0.1) is 11.6 Å². The molecule has 3 heteroatoms. The third kappa shape index (κ3) is 4.28. The first-order chi connectivity index (χ1) is 7.55. The molecule has 0 bridgehead atoms. The largest absolute Gasteiger partial charge is 0.422 e. The molecule has 1 aromatic carbocycles. The van der Waals surface area contributed by atoms with Crippen molar-refractivity contribution in [3.05, 3.63) is 35.9 Å². The summed E-state index contributed by atoms with van der Waals surface area (Å²) in [5, 5.41) is 0. The van der Waals surface area contributed by atoms with Gasteiger partial charge in [0.2, 0.25) is 0 Å². The van der Waals surface area contributed by atoms with Crippen LogP contribution in [-0.4, -0.2) is 22.3 Å². The number of benzene rings is 1. The standard InChI is InChI=1S/C13H21ClOSi/c1-13(2,3)12(16-15-10-9-14)11-7-5-4-6-8-11/h4-8,12H,9-10,16H2,1-3H3. The number of hydrogen-bond donors (Lipinski definition) is 0. The molecule has 0 radical (unpaired) electrons. The monoisotopic (exact) mass is 256 g/mol. The van der Waals surface area contributed by atoms with Crippen molar-refractivity contribution in [1.82, 2.24) is 0 Å². The van der Waals surface area contributed by atoms with Gasteiger partial charge < -0.3 is 4.43 Å². The fourth-order valence-corrected chi connectivity index (χ4v) is 3.59. The van der Waals surface area contributed by atoms with E-state index in [0.29, 0.717) is 18.0 Å². The van der Waals surface area contributed by atoms with Crippen molar-refractivity contribution in [2.24, 2.45) is 5.41 Å². The fourth-order valence-electron chi connectivity index (χ4n) is 1.79. The Kier molecular flexibility index (Phi) is 5.53. The highest BCUT2D eigenvalue weighted by Crippen LogP contribution is 2.33. The average molecular weight is 257 g/mol. The molecule has 0 spiro atoms. The molecule has 1 aromatic rings. The van der Waals surface area contributed by atoms with Gasteiger partial charge in [0.1, 0.15) is 0 Å². The van der Waals surface area contributed by atoms with Gasteiger partial charge in [-0.05, 0) is 11.0 Å². The van der Waals surface area contributed by atoms with Crippen LogP contribution in [0, 0.1) is 5.41 Å². The lowest BCUT2D eigenvalue weighted by atomic mass is 9.87. The lowest BCUT2D eigenvalue weighted by Gasteiger charge is -2.30. The van der Waals surface area contributed by atoms with Crippen LogP contribution in [0.2, 0.25) is 0 Å². The Labute approximate surface area is 106 Å². The van der Waals surface area contributed by atoms with Crippen molar-refractivity contribution in [1.29, 1.82) is 0 Å². The molecule has 0 aliphatic carbocycles. The second-order valence-corrected chi connectivity index (χ2v) is 7.03. The van der Waals surface area contributed by atoms with E-state index in [9.17, 15) is 0 Å². The zero-order chi connectivity index (χ0) is 12.0. The maximum Gasteiger partial charge on any atom is 0.169 e. The SMILES string of the molecule is CC(C)(C)C([SiH2]OCCCl)c1ccccc1. The summed E-state index contributed by atoms with van der Waals surface area (Å²) in [6.45, 7) is 7.53. The molecule has 0 aliphatic heterocycles. The highest BCUT2D eigenvalue weighted by atomic mass is 35.5. The summed E-state index contributed by atoms with van der Waals surface area (Å²) in [4.78, 5) is 0. The highest BCUT2D eigenvalue weighted by molar-refractivity contribution is 6.30. The van der Waals surface area contributed by atoms with E-state index >= 15 is 0 Å². The van der Waals surface area contributed by atoms with Gasteiger partial charge >= 0.3 is 0 Å². The summed E-state index contributed by atoms with van der Waals surface area (Å²) in [5.41, 5.74) is 2.22. The molecule has 90 valence electrons. The molecule has 0 saturated carbocycles. The van der Waals surface area contributed by atoms with Crippen molar-refractivity contribution in [2.75, 3.05) is 12.5 Å². The van der Waals surface area contributed by atoms with Crippen LogP contribution in [-0.2, 0) is 4.43 Å². The van der Waals surface area contributed by atoms with Gasteiger partial charge in [0.15, 0.2) is 9.76 Å². The van der Waals surface area contributed by atoms with Crippen LogP contribution in [0.4, 0.5) is 0 Å². The quantitative estimate of drug-likeness (QED) is 0.447. The summed E-state index contributed by atoms with van der Waals surface area (Å²) in [5.74, 6) is 0.596. The maximum absolute atomic E-state index is 5.73. The molecule has 1 nitrogen and oxygen atoms in total. The van der Waals surface area contributed by atoms with Gasteiger partial charge in [-0.1, -0.05) is 51.1 Å². The Hall–Kier alpha value is -0.313. The molecule has 0 N–H and O–H groups in total. The third-order valence-electron chi connectivity index (χ3n) is 2.75. The topological polar surface area (TPSA) is 9.23 Å². The number of hydrogen-bond acceptors (Lipinski definition) is 1. The first-order valence-electron chi connectivity index (χ1n) is 5.74. The Morgan fingerprint density at radius 1 is 1.25 bits per heavy atom. The highest BCUT2D eigenvalue weighted by Gasteiger charge is 2.26. The molecule has 0 aliphatic rings. The summed E-state index contributed by atoms with van der Waals surface area (Å²) in [7, 11) is -0.573. The third-order valence-corrected chi connectivity index (χ3v) is 5.46. The van der Waals surface area contributed by atoms with Gasteiger partial charge in [-0.3, -0.25) is 0 Å². The van der Waals surface area contributed by atoms with Crippen LogP contribution in [0.15, 0.2) is 30.3 Å². The molecular weight excluding hydrogens is 236 g/mol. The molecule has 1 atom stereocenters. The Morgan fingerprint density at radius 3 is 2.38 bits per heavy atom. The molecule has 0 saturated heterocycles. The zero-order valence-corrected chi connectivity index (χ0v) is 12.5. The minimum Gasteiger partial charge on any atom is -0.422 e. The van der Waals surface area contributed by atoms with Crippen molar-refractivity contribution in [2.45, 2.75) is 26.3 Å². The van der Waals surface area contributed by atoms with Crippen LogP contribution in [0.3, 0.4) is 0 Å². The molecule has 1 unspecified atom stereocenters. The molecule has 1 rings (SSSR count). The van der Waals surface area contributed by atoms with Crippen molar-refractivity contribution >= 4 is 21.4 Å². The van der Waals surface area contributed by atoms with Crippen LogP contribution in [0.25, 0.3) is 0 Å². The van der Waals surface area contributed by atoms with E-state index in [0.717, 1.165) is 0 Å². The predicted molar refractivity (Wildman–Crippen MR) is 73.9 cm³/mol. The van der Waals surface area contributed by atoms with Crippen molar-refractivity contribution < 1.29 is 4.43 Å². The van der Waals surface area contributed by atoms with Gasteiger partial charge in [0, 0.05) is 18.0 Å². The van der Waals surface area contributed by atoms with E-state index in [1.54, 1.807) is 0 Å². The number of alkyl halides is 1. The van der Waals surface area contributed by atoms with E-state index in [-0.39, 0.29) is 5.41 Å². The van der Waals surface area contributed by atoms with E-state index in [2.05, 4.69) is 51.1 Å². The zero-order valence-electron chi connectivity index (χ0n) is 10.4. The summed E-state index contributed by atoms with van der Waals surface area (Å²) >= 11 is 5.64. The van der Waals surface area contributed by atoms with Crippen LogP contribution < -0.4 is 0 Å². The van der Waals surface area contributed by atoms with Crippen LogP contribution >= 0.6 is 11.6 Å². The number of rotatable bonds is 5. The molecule has 0 amide bonds. The Bertz CT molecular complexity index is 295. The van der Waals surface area contributed by atoms with Gasteiger partial charge in [-0.2, -0.15) is 0 Å². The summed E-state index contributed by atoms with van der Waals surface area (Å²) < 4.78 is 5.73. The summed E-state index contributed by atoms with van der Waals surface area (Å²) in [6.07, 6.45) is 0. The Balaban J connectivity index is 2.73. The minimum absolute atomic E-state index is 0.264. The van der Waals surface area contributed by atoms with E-state index in [1.807, 2.05) is 0 Å². The predicted octanol–water partition coefficient (Wildman–Crippen LogP) is 3.11. The van der Waals surface area contributed by atoms with Gasteiger partial charge in [-0.25, -0.2) is 0 Å². The van der Waals surface area contributed by atoms with Crippen molar-refractivity contribution in [3.63, 3.8) is 0 Å². The molecule has 0 heterocycles. The van der Waals surface area contributed by atoms with Gasteiger partial charge in [0.25, 0.3) is 0 Å². The molecule has 0 fully saturated rings. The van der Waals surface area contributed by atoms with Crippen molar-refractivity contribution in [3.8, 4) is 0 Å². The molecular formula is C13H21ClOSi. The van der Waals surface area contributed by atoms with E-state index < -0.39 is 9.76 Å². The maximum atomic E-state index is 5.73.